The molecule has 0 N–H and O–H groups in total. The lowest BCUT2D eigenvalue weighted by Gasteiger charge is -2.25. The topological polar surface area (TPSA) is 53.3 Å². The van der Waals surface area contributed by atoms with E-state index in [4.69, 9.17) is 9.79 Å². The molecule has 1 unspecified atom stereocenters. The van der Waals surface area contributed by atoms with Crippen LogP contribution in [0.25, 0.3) is 0 Å². The quantitative estimate of drug-likeness (QED) is 0.615. The molecule has 0 radical (unpaired) electrons. The number of hydrogen-bond donors (Lipinski definition) is 0. The van der Waals surface area contributed by atoms with Gasteiger partial charge in [-0.1, -0.05) is 27.7 Å². The first-order valence-electron chi connectivity index (χ1n) is 5.91. The van der Waals surface area contributed by atoms with E-state index in [0.29, 0.717) is 19.7 Å². The first kappa shape index (κ1) is 15.6. The van der Waals surface area contributed by atoms with Gasteiger partial charge in [0.2, 0.25) is 0 Å². The molecular weight excluding hydrogens is 223 g/mol. The van der Waals surface area contributed by atoms with Crippen LogP contribution in [0, 0.1) is 17.0 Å². The maximum Gasteiger partial charge on any atom is 0.371 e. The Morgan fingerprint density at radius 3 is 2.12 bits per heavy atom. The highest BCUT2D eigenvalue weighted by molar-refractivity contribution is 7.61. The zero-order valence-electron chi connectivity index (χ0n) is 10.8. The van der Waals surface area contributed by atoms with Crippen LogP contribution in [-0.2, 0) is 9.09 Å². The van der Waals surface area contributed by atoms with Crippen molar-refractivity contribution in [1.29, 1.82) is 5.26 Å². The van der Waals surface area contributed by atoms with Crippen molar-refractivity contribution in [3.8, 4) is 5.81 Å². The van der Waals surface area contributed by atoms with Crippen LogP contribution in [0.15, 0.2) is 0 Å². The average Bonchev–Trinajstić information content (AvgIpc) is 2.25. The van der Waals surface area contributed by atoms with E-state index in [2.05, 4.69) is 0 Å². The molecule has 94 valence electrons. The van der Waals surface area contributed by atoms with Gasteiger partial charge in [-0.15, -0.1) is 0 Å². The van der Waals surface area contributed by atoms with Gasteiger partial charge in [0.25, 0.3) is 0 Å². The SMILES string of the molecule is CCCN(CCC)P(=O)(C#N)OCC(C)C. The summed E-state index contributed by atoms with van der Waals surface area (Å²) in [4.78, 5) is 0. The summed E-state index contributed by atoms with van der Waals surface area (Å²) in [5, 5.41) is 9.04. The van der Waals surface area contributed by atoms with Crippen molar-refractivity contribution in [2.24, 2.45) is 5.92 Å². The summed E-state index contributed by atoms with van der Waals surface area (Å²) >= 11 is 0. The van der Waals surface area contributed by atoms with Crippen molar-refractivity contribution in [3.05, 3.63) is 0 Å². The summed E-state index contributed by atoms with van der Waals surface area (Å²) in [5.41, 5.74) is 0. The number of nitriles is 1. The van der Waals surface area contributed by atoms with E-state index >= 15 is 0 Å². The number of rotatable bonds is 8. The highest BCUT2D eigenvalue weighted by Gasteiger charge is 2.31. The molecule has 1 atom stereocenters. The molecule has 0 bridgehead atoms. The molecule has 0 saturated heterocycles. The fourth-order valence-electron chi connectivity index (χ4n) is 1.32. The Balaban J connectivity index is 4.61. The molecule has 0 saturated carbocycles. The second kappa shape index (κ2) is 7.84. The van der Waals surface area contributed by atoms with Crippen LogP contribution in [-0.4, -0.2) is 24.4 Å². The Hall–Kier alpha value is -0.360. The summed E-state index contributed by atoms with van der Waals surface area (Å²) in [6, 6.07) is 0. The van der Waals surface area contributed by atoms with Gasteiger partial charge in [0.1, 0.15) is 0 Å². The lowest BCUT2D eigenvalue weighted by atomic mass is 10.2. The van der Waals surface area contributed by atoms with Crippen LogP contribution in [0.2, 0.25) is 0 Å². The molecule has 0 fully saturated rings. The number of nitrogens with zero attached hydrogens (tertiary/aromatic N) is 2. The molecule has 0 heterocycles. The predicted octanol–water partition coefficient (Wildman–Crippen LogP) is 3.46. The van der Waals surface area contributed by atoms with E-state index in [1.165, 1.54) is 0 Å². The zero-order valence-corrected chi connectivity index (χ0v) is 11.7. The minimum atomic E-state index is -3.26. The van der Waals surface area contributed by atoms with Crippen molar-refractivity contribution < 1.29 is 9.09 Å². The van der Waals surface area contributed by atoms with Crippen LogP contribution in [0.1, 0.15) is 40.5 Å². The second-order valence-electron chi connectivity index (χ2n) is 4.26. The summed E-state index contributed by atoms with van der Waals surface area (Å²) in [5.74, 6) is 2.15. The first-order chi connectivity index (χ1) is 7.50. The van der Waals surface area contributed by atoms with Gasteiger partial charge in [-0.05, 0) is 18.8 Å². The largest absolute Gasteiger partial charge is 0.371 e. The van der Waals surface area contributed by atoms with Gasteiger partial charge in [0, 0.05) is 13.1 Å². The lowest BCUT2D eigenvalue weighted by molar-refractivity contribution is 0.237. The van der Waals surface area contributed by atoms with Crippen molar-refractivity contribution in [3.63, 3.8) is 0 Å². The third-order valence-electron chi connectivity index (χ3n) is 2.05. The van der Waals surface area contributed by atoms with Gasteiger partial charge in [-0.25, -0.2) is 4.67 Å². The summed E-state index contributed by atoms with van der Waals surface area (Å²) in [6.45, 7) is 9.64. The molecular formula is C11H23N2O2P. The molecule has 0 spiro atoms. The van der Waals surface area contributed by atoms with Gasteiger partial charge in [0.05, 0.1) is 6.61 Å². The summed E-state index contributed by atoms with van der Waals surface area (Å²) in [7, 11) is -3.26. The Labute approximate surface area is 99.1 Å². The Morgan fingerprint density at radius 1 is 1.31 bits per heavy atom. The van der Waals surface area contributed by atoms with Gasteiger partial charge < -0.3 is 4.52 Å². The maximum absolute atomic E-state index is 12.3. The highest BCUT2D eigenvalue weighted by Crippen LogP contribution is 2.49. The maximum atomic E-state index is 12.3. The third-order valence-corrected chi connectivity index (χ3v) is 3.94. The fourth-order valence-corrected chi connectivity index (χ4v) is 3.09. The van der Waals surface area contributed by atoms with Gasteiger partial charge in [0.15, 0.2) is 5.81 Å². The Bertz CT molecular complexity index is 268. The summed E-state index contributed by atoms with van der Waals surface area (Å²) < 4.78 is 19.3. The van der Waals surface area contributed by atoms with Gasteiger partial charge in [-0.3, -0.25) is 4.57 Å². The van der Waals surface area contributed by atoms with Crippen molar-refractivity contribution in [2.45, 2.75) is 40.5 Å². The molecule has 0 amide bonds. The highest BCUT2D eigenvalue weighted by atomic mass is 31.2. The molecule has 5 heteroatoms. The molecule has 4 nitrogen and oxygen atoms in total. The molecule has 0 aromatic carbocycles. The normalized spacial score (nSPS) is 15.1. The van der Waals surface area contributed by atoms with Crippen LogP contribution in [0.4, 0.5) is 0 Å². The minimum absolute atomic E-state index is 0.284. The Morgan fingerprint density at radius 2 is 1.81 bits per heavy atom. The van der Waals surface area contributed by atoms with E-state index in [1.54, 1.807) is 4.67 Å². The van der Waals surface area contributed by atoms with E-state index in [-0.39, 0.29) is 5.92 Å². The molecule has 0 aromatic rings. The molecule has 0 aliphatic heterocycles. The Kier molecular flexibility index (Phi) is 7.66. The molecule has 0 aliphatic rings. The van der Waals surface area contributed by atoms with Crippen molar-refractivity contribution in [1.82, 2.24) is 4.67 Å². The predicted molar refractivity (Wildman–Crippen MR) is 66.2 cm³/mol. The van der Waals surface area contributed by atoms with Crippen LogP contribution in [0.5, 0.6) is 0 Å². The zero-order chi connectivity index (χ0) is 12.6. The third kappa shape index (κ3) is 5.12. The average molecular weight is 246 g/mol. The molecule has 16 heavy (non-hydrogen) atoms. The van der Waals surface area contributed by atoms with E-state index in [0.717, 1.165) is 12.8 Å². The van der Waals surface area contributed by atoms with Gasteiger partial charge in [-0.2, -0.15) is 5.26 Å². The second-order valence-corrected chi connectivity index (χ2v) is 6.33. The van der Waals surface area contributed by atoms with E-state index < -0.39 is 7.52 Å². The fraction of sp³-hybridized carbons (Fsp3) is 0.909. The van der Waals surface area contributed by atoms with Crippen LogP contribution < -0.4 is 0 Å². The summed E-state index contributed by atoms with van der Waals surface area (Å²) in [6.07, 6.45) is 1.74. The van der Waals surface area contributed by atoms with Gasteiger partial charge >= 0.3 is 7.52 Å². The molecule has 0 aliphatic carbocycles. The standard InChI is InChI=1S/C11H23N2O2P/c1-5-7-13(8-6-2)16(14,10-12)15-9-11(3)4/h11H,5-9H2,1-4H3. The number of hydrogen-bond acceptors (Lipinski definition) is 3. The molecule has 0 aromatic heterocycles. The monoisotopic (exact) mass is 246 g/mol. The lowest BCUT2D eigenvalue weighted by Crippen LogP contribution is -2.23. The van der Waals surface area contributed by atoms with Crippen LogP contribution in [0.3, 0.4) is 0 Å². The van der Waals surface area contributed by atoms with E-state index in [9.17, 15) is 4.57 Å². The van der Waals surface area contributed by atoms with Crippen molar-refractivity contribution >= 4 is 7.52 Å². The smallest absolute Gasteiger partial charge is 0.307 e. The first-order valence-corrected chi connectivity index (χ1v) is 7.49. The van der Waals surface area contributed by atoms with Crippen molar-refractivity contribution in [2.75, 3.05) is 19.7 Å². The minimum Gasteiger partial charge on any atom is -0.307 e. The molecule has 0 rings (SSSR count). The van der Waals surface area contributed by atoms with Crippen LogP contribution >= 0.6 is 7.52 Å². The van der Waals surface area contributed by atoms with E-state index in [1.807, 2.05) is 33.5 Å².